The zero-order valence-corrected chi connectivity index (χ0v) is 29.0. The second kappa shape index (κ2) is 14.2. The van der Waals surface area contributed by atoms with Gasteiger partial charge in [0.1, 0.15) is 6.04 Å². The van der Waals surface area contributed by atoms with E-state index < -0.39 is 17.9 Å². The molecule has 0 bridgehead atoms. The summed E-state index contributed by atoms with van der Waals surface area (Å²) in [6, 6.07) is 23.4. The smallest absolute Gasteiger partial charge is 0.310 e. The molecule has 2 heterocycles. The van der Waals surface area contributed by atoms with Crippen LogP contribution >= 0.6 is 0 Å². The zero-order valence-electron chi connectivity index (χ0n) is 29.0. The third-order valence-corrected chi connectivity index (χ3v) is 11.4. The van der Waals surface area contributed by atoms with Crippen molar-refractivity contribution in [2.24, 2.45) is 11.8 Å². The van der Waals surface area contributed by atoms with Crippen LogP contribution < -0.4 is 5.32 Å². The molecule has 8 nitrogen and oxygen atoms in total. The maximum Gasteiger partial charge on any atom is 0.310 e. The Morgan fingerprint density at radius 3 is 2.04 bits per heavy atom. The van der Waals surface area contributed by atoms with Crippen LogP contribution in [0.3, 0.4) is 0 Å². The summed E-state index contributed by atoms with van der Waals surface area (Å²) in [5, 5.41) is 12.3. The normalized spacial score (nSPS) is 20.4. The van der Waals surface area contributed by atoms with Crippen LogP contribution in [0.5, 0.6) is 0 Å². The molecule has 3 aromatic carbocycles. The van der Waals surface area contributed by atoms with Crippen molar-refractivity contribution in [1.82, 2.24) is 20.2 Å². The van der Waals surface area contributed by atoms with E-state index in [1.807, 2.05) is 60.9 Å². The third kappa shape index (κ3) is 7.35. The summed E-state index contributed by atoms with van der Waals surface area (Å²) in [6.45, 7) is 4.81. The van der Waals surface area contributed by atoms with E-state index in [0.717, 1.165) is 41.0 Å². The average Bonchev–Trinajstić information content (AvgIpc) is 3.89. The van der Waals surface area contributed by atoms with Crippen LogP contribution in [0.4, 0.5) is 0 Å². The van der Waals surface area contributed by atoms with Crippen molar-refractivity contribution in [1.29, 1.82) is 0 Å². The lowest BCUT2D eigenvalue weighted by atomic mass is 9.78. The van der Waals surface area contributed by atoms with E-state index in [-0.39, 0.29) is 36.7 Å². The number of hydrogen-bond donors (Lipinski definition) is 2. The minimum atomic E-state index is -0.914. The molecule has 0 radical (unpaired) electrons. The predicted molar refractivity (Wildman–Crippen MR) is 194 cm³/mol. The van der Waals surface area contributed by atoms with Gasteiger partial charge in [-0.2, -0.15) is 0 Å². The van der Waals surface area contributed by atoms with E-state index in [2.05, 4.69) is 53.4 Å². The fraction of sp³-hybridized carbons (Fsp3) is 0.405. The highest BCUT2D eigenvalue weighted by Gasteiger charge is 2.40. The second-order valence-electron chi connectivity index (χ2n) is 14.9. The number of likely N-dealkylation sites (tertiary alicyclic amines) is 1. The van der Waals surface area contributed by atoms with Gasteiger partial charge in [-0.25, -0.2) is 9.97 Å². The van der Waals surface area contributed by atoms with Crippen molar-refractivity contribution in [2.75, 3.05) is 13.1 Å². The van der Waals surface area contributed by atoms with E-state index in [0.29, 0.717) is 17.3 Å². The number of rotatable bonds is 11. The number of amides is 2. The summed E-state index contributed by atoms with van der Waals surface area (Å²) in [4.78, 5) is 49.0. The van der Waals surface area contributed by atoms with Gasteiger partial charge in [-0.15, -0.1) is 0 Å². The maximum absolute atomic E-state index is 13.5. The van der Waals surface area contributed by atoms with Crippen LogP contribution in [-0.4, -0.2) is 56.9 Å². The van der Waals surface area contributed by atoms with E-state index >= 15 is 0 Å². The molecule has 1 saturated heterocycles. The lowest BCUT2D eigenvalue weighted by Crippen LogP contribution is -2.59. The summed E-state index contributed by atoms with van der Waals surface area (Å²) >= 11 is 0. The number of carbonyl (C=O) groups is 3. The van der Waals surface area contributed by atoms with Gasteiger partial charge in [-0.3, -0.25) is 14.4 Å². The van der Waals surface area contributed by atoms with Crippen LogP contribution in [0.2, 0.25) is 0 Å². The SMILES string of the molecule is CC[C@H]1CC[C@H](c2ccc(-c3cnc(-c4ccc(C[C@H](NC(=O)c5ccc(C6(C)CC6)cc5)C(=O)N5CC(C(=O)O)C5)cc4)nc3)cc2)CC1. The molecule has 2 saturated carbocycles. The molecule has 8 heteroatoms. The Morgan fingerprint density at radius 2 is 1.46 bits per heavy atom. The largest absolute Gasteiger partial charge is 0.481 e. The van der Waals surface area contributed by atoms with Crippen LogP contribution in [0.15, 0.2) is 85.2 Å². The lowest BCUT2D eigenvalue weighted by Gasteiger charge is -2.39. The van der Waals surface area contributed by atoms with Crippen LogP contribution in [0.25, 0.3) is 22.5 Å². The van der Waals surface area contributed by atoms with E-state index in [1.54, 1.807) is 0 Å². The van der Waals surface area contributed by atoms with Gasteiger partial charge in [0, 0.05) is 48.6 Å². The summed E-state index contributed by atoms with van der Waals surface area (Å²) in [6.07, 6.45) is 12.8. The Labute approximate surface area is 294 Å². The molecular formula is C42H46N4O4. The molecule has 1 atom stereocenters. The van der Waals surface area contributed by atoms with Gasteiger partial charge in [0.25, 0.3) is 5.91 Å². The Kier molecular flexibility index (Phi) is 9.54. The highest BCUT2D eigenvalue weighted by molar-refractivity contribution is 5.98. The quantitative estimate of drug-likeness (QED) is 0.172. The molecule has 7 rings (SSSR count). The molecule has 2 N–H and O–H groups in total. The Morgan fingerprint density at radius 1 is 0.840 bits per heavy atom. The lowest BCUT2D eigenvalue weighted by molar-refractivity contribution is -0.153. The maximum atomic E-state index is 13.5. The molecule has 0 spiro atoms. The minimum Gasteiger partial charge on any atom is -0.481 e. The number of carboxylic acid groups (broad SMARTS) is 1. The first-order valence-electron chi connectivity index (χ1n) is 18.1. The summed E-state index contributed by atoms with van der Waals surface area (Å²) in [5.41, 5.74) is 7.11. The van der Waals surface area contributed by atoms with Crippen LogP contribution in [-0.2, 0) is 21.4 Å². The number of nitrogens with one attached hydrogen (secondary N) is 1. The van der Waals surface area contributed by atoms with E-state index in [4.69, 9.17) is 0 Å². The number of aromatic nitrogens is 2. The van der Waals surface area contributed by atoms with Crippen molar-refractivity contribution in [3.8, 4) is 22.5 Å². The Bertz CT molecular complexity index is 1820. The minimum absolute atomic E-state index is 0.143. The molecule has 2 aliphatic carbocycles. The first-order valence-corrected chi connectivity index (χ1v) is 18.1. The Balaban J connectivity index is 1.00. The van der Waals surface area contributed by atoms with Gasteiger partial charge in [-0.05, 0) is 90.2 Å². The highest BCUT2D eigenvalue weighted by atomic mass is 16.4. The molecule has 3 fully saturated rings. The number of hydrogen-bond acceptors (Lipinski definition) is 5. The first-order chi connectivity index (χ1) is 24.2. The second-order valence-corrected chi connectivity index (χ2v) is 14.9. The fourth-order valence-corrected chi connectivity index (χ4v) is 7.48. The van der Waals surface area contributed by atoms with Crippen molar-refractivity contribution >= 4 is 17.8 Å². The van der Waals surface area contributed by atoms with Gasteiger partial charge < -0.3 is 15.3 Å². The molecule has 1 aliphatic heterocycles. The highest BCUT2D eigenvalue weighted by Crippen LogP contribution is 2.47. The molecule has 3 aliphatic rings. The van der Waals surface area contributed by atoms with Crippen molar-refractivity contribution in [3.63, 3.8) is 0 Å². The van der Waals surface area contributed by atoms with Crippen LogP contribution in [0.1, 0.15) is 91.8 Å². The van der Waals surface area contributed by atoms with E-state index in [1.165, 1.54) is 48.1 Å². The topological polar surface area (TPSA) is 112 Å². The first kappa shape index (κ1) is 33.6. The molecule has 0 unspecified atom stereocenters. The van der Waals surface area contributed by atoms with Crippen LogP contribution in [0, 0.1) is 11.8 Å². The Hall–Kier alpha value is -4.85. The fourth-order valence-electron chi connectivity index (χ4n) is 7.48. The molecule has 258 valence electrons. The third-order valence-electron chi connectivity index (χ3n) is 11.4. The zero-order chi connectivity index (χ0) is 34.8. The van der Waals surface area contributed by atoms with Gasteiger partial charge in [0.05, 0.1) is 5.92 Å². The number of benzene rings is 3. The van der Waals surface area contributed by atoms with Gasteiger partial charge in [0.15, 0.2) is 5.82 Å². The standard InChI is InChI=1S/C42H46N4O4/c1-3-27-4-8-29(9-5-27)30-12-14-31(15-13-30)34-23-43-38(44-24-34)32-10-6-28(7-11-32)22-37(40(48)46-25-35(26-46)41(49)50)45-39(47)33-16-18-36(19-17-33)42(2)20-21-42/h6-7,10-19,23-24,27,29,35,37H,3-5,8-9,20-22,25-26H2,1-2H3,(H,45,47)(H,49,50)/t27-,29-,37-/m0/s1. The molecule has 1 aromatic heterocycles. The predicted octanol–water partition coefficient (Wildman–Crippen LogP) is 7.43. The average molecular weight is 671 g/mol. The van der Waals surface area contributed by atoms with Gasteiger partial charge in [-0.1, -0.05) is 80.9 Å². The molecule has 2 amide bonds. The number of carboxylic acids is 1. The van der Waals surface area contributed by atoms with E-state index in [9.17, 15) is 19.5 Å². The molecule has 50 heavy (non-hydrogen) atoms. The summed E-state index contributed by atoms with van der Waals surface area (Å²) < 4.78 is 0. The summed E-state index contributed by atoms with van der Waals surface area (Å²) in [7, 11) is 0. The number of carbonyl (C=O) groups excluding carboxylic acids is 2. The van der Waals surface area contributed by atoms with Gasteiger partial charge >= 0.3 is 5.97 Å². The van der Waals surface area contributed by atoms with Gasteiger partial charge in [0.2, 0.25) is 5.91 Å². The van der Waals surface area contributed by atoms with Crippen molar-refractivity contribution < 1.29 is 19.5 Å². The monoisotopic (exact) mass is 670 g/mol. The van der Waals surface area contributed by atoms with Crippen molar-refractivity contribution in [3.05, 3.63) is 107 Å². The number of aliphatic carboxylic acids is 1. The molecule has 4 aromatic rings. The van der Waals surface area contributed by atoms with Crippen molar-refractivity contribution in [2.45, 2.75) is 82.6 Å². The number of nitrogens with zero attached hydrogens (tertiary/aromatic N) is 3. The molecular weight excluding hydrogens is 624 g/mol. The summed E-state index contributed by atoms with van der Waals surface area (Å²) in [5.74, 6) is 0.0541.